The number of methoxy groups -OCH3 is 1. The van der Waals surface area contributed by atoms with Gasteiger partial charge in [-0.05, 0) is 81.7 Å². The summed E-state index contributed by atoms with van der Waals surface area (Å²) in [6.45, 7) is 14.7. The molecule has 68 heavy (non-hydrogen) atoms. The van der Waals surface area contributed by atoms with Crippen LogP contribution in [0.1, 0.15) is 89.6 Å². The average Bonchev–Trinajstić information content (AvgIpc) is 4.02. The summed E-state index contributed by atoms with van der Waals surface area (Å²) in [5.41, 5.74) is 9.29. The summed E-state index contributed by atoms with van der Waals surface area (Å²) in [5.74, 6) is -1.64. The van der Waals surface area contributed by atoms with E-state index < -0.39 is 41.3 Å². The van der Waals surface area contributed by atoms with Crippen molar-refractivity contribution < 1.29 is 33.4 Å². The highest BCUT2D eigenvalue weighted by Crippen LogP contribution is 2.42. The number of nitrogens with one attached hydrogen (secondary N) is 3. The molecular formula is C50H68N10O7S. The summed E-state index contributed by atoms with van der Waals surface area (Å²) in [6, 6.07) is 7.02. The van der Waals surface area contributed by atoms with E-state index in [1.165, 1.54) is 21.2 Å². The summed E-state index contributed by atoms with van der Waals surface area (Å²) in [6.07, 6.45) is 4.71. The number of carbonyl (C=O) groups excluding carboxylic acids is 5. The number of aromatic nitrogens is 3. The number of thiazole rings is 1. The Morgan fingerprint density at radius 2 is 1.85 bits per heavy atom. The SMILES string of the molecule is CCn1c(-c2cccnc2[C@H](C)OC)c2c3cc(ccc31)-c1csc(n1)C[C@H](NC(=O)[C@H](C(C)C)N(C)C(=O)N1CCC[C@H](N(C)C(=O)[C@@H]3CN3)C1)C(=O)N1CCC[C@H](N1)C(=O)OCC(C)(C)C2. The van der Waals surface area contributed by atoms with Crippen LogP contribution in [0.25, 0.3) is 33.4 Å². The van der Waals surface area contributed by atoms with Crippen molar-refractivity contribution in [3.05, 3.63) is 58.2 Å². The molecule has 7 heterocycles. The third-order valence-electron chi connectivity index (χ3n) is 14.0. The Kier molecular flexibility index (Phi) is 14.6. The number of aryl methyl sites for hydroxylation is 1. The number of urea groups is 1. The van der Waals surface area contributed by atoms with E-state index in [0.29, 0.717) is 57.0 Å². The quantitative estimate of drug-likeness (QED) is 0.140. The Hall–Kier alpha value is -5.43. The molecule has 4 aliphatic heterocycles. The Balaban J connectivity index is 1.13. The summed E-state index contributed by atoms with van der Waals surface area (Å²) in [7, 11) is 5.10. The van der Waals surface area contributed by atoms with E-state index in [1.807, 2.05) is 32.2 Å². The van der Waals surface area contributed by atoms with E-state index in [4.69, 9.17) is 19.4 Å². The first-order chi connectivity index (χ1) is 32.5. The molecule has 4 aromatic rings. The van der Waals surface area contributed by atoms with Gasteiger partial charge >= 0.3 is 12.0 Å². The first-order valence-electron chi connectivity index (χ1n) is 24.1. The number of benzene rings is 1. The molecule has 0 unspecified atom stereocenters. The third-order valence-corrected chi connectivity index (χ3v) is 14.9. The molecule has 0 spiro atoms. The van der Waals surface area contributed by atoms with Crippen LogP contribution in [0.15, 0.2) is 41.9 Å². The Morgan fingerprint density at radius 1 is 1.09 bits per heavy atom. The molecule has 3 fully saturated rings. The minimum atomic E-state index is -1.08. The van der Waals surface area contributed by atoms with Gasteiger partial charge in [-0.15, -0.1) is 11.3 Å². The van der Waals surface area contributed by atoms with E-state index in [9.17, 15) is 24.0 Å². The Bertz CT molecular complexity index is 2540. The molecule has 3 N–H and O–H groups in total. The minimum Gasteiger partial charge on any atom is -0.464 e. The van der Waals surface area contributed by atoms with Gasteiger partial charge in [-0.2, -0.15) is 0 Å². The van der Waals surface area contributed by atoms with Gasteiger partial charge in [-0.1, -0.05) is 33.8 Å². The van der Waals surface area contributed by atoms with Crippen LogP contribution < -0.4 is 16.1 Å². The van der Waals surface area contributed by atoms with E-state index >= 15 is 0 Å². The molecule has 17 nitrogen and oxygen atoms in total. The summed E-state index contributed by atoms with van der Waals surface area (Å²) in [5, 5.41) is 11.2. The second-order valence-electron chi connectivity index (χ2n) is 20.0. The highest BCUT2D eigenvalue weighted by molar-refractivity contribution is 7.10. The fourth-order valence-corrected chi connectivity index (χ4v) is 11.0. The van der Waals surface area contributed by atoms with Crippen molar-refractivity contribution in [1.82, 2.24) is 50.3 Å². The summed E-state index contributed by atoms with van der Waals surface area (Å²) in [4.78, 5) is 85.1. The molecule has 366 valence electrons. The summed E-state index contributed by atoms with van der Waals surface area (Å²) >= 11 is 1.41. The molecule has 1 aromatic carbocycles. The lowest BCUT2D eigenvalue weighted by Crippen LogP contribution is -2.63. The first-order valence-corrected chi connectivity index (χ1v) is 25.0. The molecule has 0 radical (unpaired) electrons. The van der Waals surface area contributed by atoms with Crippen molar-refractivity contribution >= 4 is 52.0 Å². The van der Waals surface area contributed by atoms with E-state index in [-0.39, 0.29) is 49.1 Å². The van der Waals surface area contributed by atoms with Crippen LogP contribution in [-0.4, -0.2) is 148 Å². The highest BCUT2D eigenvalue weighted by Gasteiger charge is 2.41. The molecule has 8 rings (SSSR count). The van der Waals surface area contributed by atoms with Gasteiger partial charge in [0.15, 0.2) is 0 Å². The molecule has 6 bridgehead atoms. The van der Waals surface area contributed by atoms with Gasteiger partial charge in [0, 0.05) is 105 Å². The predicted molar refractivity (Wildman–Crippen MR) is 260 cm³/mol. The molecule has 3 aromatic heterocycles. The monoisotopic (exact) mass is 952 g/mol. The van der Waals surface area contributed by atoms with Gasteiger partial charge in [0.1, 0.15) is 18.1 Å². The Morgan fingerprint density at radius 3 is 2.57 bits per heavy atom. The van der Waals surface area contributed by atoms with Crippen LogP contribution >= 0.6 is 11.3 Å². The predicted octanol–water partition coefficient (Wildman–Crippen LogP) is 5.17. The van der Waals surface area contributed by atoms with Crippen molar-refractivity contribution in [1.29, 1.82) is 0 Å². The van der Waals surface area contributed by atoms with Gasteiger partial charge in [0.2, 0.25) is 11.8 Å². The van der Waals surface area contributed by atoms with Gasteiger partial charge in [-0.3, -0.25) is 29.2 Å². The number of nitrogens with zero attached hydrogens (tertiary/aromatic N) is 7. The number of ether oxygens (including phenoxy) is 2. The second kappa shape index (κ2) is 20.3. The molecule has 0 saturated carbocycles. The normalized spacial score (nSPS) is 22.9. The number of hydrogen-bond acceptors (Lipinski definition) is 12. The average molecular weight is 953 g/mol. The number of cyclic esters (lactones) is 1. The maximum Gasteiger partial charge on any atom is 0.324 e. The lowest BCUT2D eigenvalue weighted by molar-refractivity contribution is -0.155. The summed E-state index contributed by atoms with van der Waals surface area (Å²) < 4.78 is 14.3. The van der Waals surface area contributed by atoms with Gasteiger partial charge in [0.05, 0.1) is 40.8 Å². The van der Waals surface area contributed by atoms with Crippen LogP contribution in [0, 0.1) is 11.3 Å². The van der Waals surface area contributed by atoms with E-state index in [1.54, 1.807) is 37.2 Å². The maximum absolute atomic E-state index is 14.7. The first kappa shape index (κ1) is 49.0. The number of likely N-dealkylation sites (tertiary alicyclic amines) is 1. The standard InChI is InChI=1S/C50H68N10O7S/c1-10-59-40-18-17-31-22-34(40)35(44(59)33-15-11-19-51-42(33)30(4)66-9)24-50(5,6)28-67-48(64)36-16-13-21-60(55-36)47(63)37(23-41-53-39(31)27-68-41)54-45(61)43(29(2)3)57(8)49(65)58-20-12-14-32(26-58)56(7)46(62)38-25-52-38/h11,15,17-19,22,27,29-30,32,36-38,43,52,55H,10,12-14,16,20-21,23-26,28H2,1-9H3,(H,54,61)/t30-,32-,36-,37-,38-,43-/m0/s1. The number of carbonyl (C=O) groups is 5. The number of amides is 5. The lowest BCUT2D eigenvalue weighted by atomic mass is 9.84. The minimum absolute atomic E-state index is 0.0220. The molecule has 3 saturated heterocycles. The zero-order valence-electron chi connectivity index (χ0n) is 41.0. The van der Waals surface area contributed by atoms with Crippen LogP contribution in [-0.2, 0) is 48.0 Å². The van der Waals surface area contributed by atoms with Crippen molar-refractivity contribution in [3.63, 3.8) is 0 Å². The van der Waals surface area contributed by atoms with Gasteiger partial charge in [-0.25, -0.2) is 15.2 Å². The van der Waals surface area contributed by atoms with E-state index in [0.717, 1.165) is 57.5 Å². The molecule has 4 aliphatic rings. The van der Waals surface area contributed by atoms with Crippen LogP contribution in [0.5, 0.6) is 0 Å². The highest BCUT2D eigenvalue weighted by atomic mass is 32.1. The zero-order valence-corrected chi connectivity index (χ0v) is 41.8. The zero-order chi connectivity index (χ0) is 48.6. The number of piperidine rings is 1. The fourth-order valence-electron chi connectivity index (χ4n) is 10.2. The van der Waals surface area contributed by atoms with Gasteiger partial charge < -0.3 is 39.4 Å². The smallest absolute Gasteiger partial charge is 0.324 e. The van der Waals surface area contributed by atoms with Crippen molar-refractivity contribution in [2.45, 2.75) is 123 Å². The van der Waals surface area contributed by atoms with Crippen molar-refractivity contribution in [2.75, 3.05) is 54.0 Å². The maximum atomic E-state index is 14.7. The molecule has 5 amide bonds. The number of esters is 1. The number of hydrogen-bond donors (Lipinski definition) is 3. The number of likely N-dealkylation sites (N-methyl/N-ethyl adjacent to an activating group) is 2. The largest absolute Gasteiger partial charge is 0.464 e. The third kappa shape index (κ3) is 10.1. The number of pyridine rings is 1. The van der Waals surface area contributed by atoms with Gasteiger partial charge in [0.25, 0.3) is 5.91 Å². The van der Waals surface area contributed by atoms with Crippen molar-refractivity contribution in [3.8, 4) is 22.5 Å². The topological polar surface area (TPSA) is 193 Å². The fraction of sp³-hybridized carbons (Fsp3) is 0.580. The Labute approximate surface area is 403 Å². The van der Waals surface area contributed by atoms with E-state index in [2.05, 4.69) is 65.7 Å². The van der Waals surface area contributed by atoms with Crippen molar-refractivity contribution in [2.24, 2.45) is 11.3 Å². The molecule has 6 atom stereocenters. The number of hydrazine groups is 1. The van der Waals surface area contributed by atoms with Crippen LogP contribution in [0.2, 0.25) is 0 Å². The molecular weight excluding hydrogens is 885 g/mol. The second-order valence-corrected chi connectivity index (χ2v) is 20.9. The number of rotatable bonds is 10. The lowest BCUT2D eigenvalue weighted by Gasteiger charge is -2.41. The molecule has 18 heteroatoms. The number of fused-ring (bicyclic) bond motifs is 6. The van der Waals surface area contributed by atoms with Crippen LogP contribution in [0.3, 0.4) is 0 Å². The molecule has 0 aliphatic carbocycles. The van der Waals surface area contributed by atoms with Crippen LogP contribution in [0.4, 0.5) is 4.79 Å².